The molecule has 0 saturated carbocycles. The molecule has 46 heavy (non-hydrogen) atoms. The summed E-state index contributed by atoms with van der Waals surface area (Å²) in [5, 5.41) is 3.03. The van der Waals surface area contributed by atoms with Gasteiger partial charge in [-0.05, 0) is 80.4 Å². The van der Waals surface area contributed by atoms with E-state index in [0.717, 1.165) is 15.4 Å². The van der Waals surface area contributed by atoms with Crippen LogP contribution in [0.1, 0.15) is 31.9 Å². The molecule has 2 amide bonds. The molecule has 4 aromatic carbocycles. The van der Waals surface area contributed by atoms with Crippen molar-refractivity contribution in [1.29, 1.82) is 0 Å². The van der Waals surface area contributed by atoms with E-state index in [-0.39, 0.29) is 23.8 Å². The molecule has 1 unspecified atom stereocenters. The number of sulfonamides is 1. The number of hydrogen-bond donors (Lipinski definition) is 1. The Bertz CT molecular complexity index is 1710. The van der Waals surface area contributed by atoms with Gasteiger partial charge in [0.25, 0.3) is 10.0 Å². The highest BCUT2D eigenvalue weighted by molar-refractivity contribution is 7.92. The van der Waals surface area contributed by atoms with Gasteiger partial charge in [-0.3, -0.25) is 13.9 Å². The Morgan fingerprint density at radius 3 is 1.93 bits per heavy atom. The number of nitrogens with one attached hydrogen (secondary N) is 1. The minimum absolute atomic E-state index is 0.00406. The molecule has 0 saturated heterocycles. The molecule has 0 spiro atoms. The molecule has 242 valence electrons. The maximum atomic E-state index is 14.6. The second-order valence-electron chi connectivity index (χ2n) is 11.8. The fourth-order valence-electron chi connectivity index (χ4n) is 4.97. The molecule has 4 aromatic rings. The Hall–Kier alpha value is -4.83. The summed E-state index contributed by atoms with van der Waals surface area (Å²) >= 11 is 0. The predicted octanol–water partition coefficient (Wildman–Crippen LogP) is 5.45. The van der Waals surface area contributed by atoms with Gasteiger partial charge >= 0.3 is 0 Å². The maximum absolute atomic E-state index is 14.6. The van der Waals surface area contributed by atoms with Crippen LogP contribution in [0.3, 0.4) is 0 Å². The van der Waals surface area contributed by atoms with Gasteiger partial charge in [0.2, 0.25) is 11.8 Å². The number of amides is 2. The van der Waals surface area contributed by atoms with E-state index in [9.17, 15) is 18.0 Å². The minimum atomic E-state index is -4.22. The molecule has 0 aliphatic heterocycles. The molecule has 0 heterocycles. The molecule has 1 N–H and O–H groups in total. The van der Waals surface area contributed by atoms with Gasteiger partial charge in [0.05, 0.1) is 24.8 Å². The Kier molecular flexibility index (Phi) is 11.1. The van der Waals surface area contributed by atoms with Crippen molar-refractivity contribution < 1.29 is 27.5 Å². The van der Waals surface area contributed by atoms with Crippen molar-refractivity contribution >= 4 is 27.5 Å². The Balaban J connectivity index is 1.81. The number of hydrogen-bond acceptors (Lipinski definition) is 6. The van der Waals surface area contributed by atoms with E-state index in [4.69, 9.17) is 9.47 Å². The van der Waals surface area contributed by atoms with Gasteiger partial charge in [0, 0.05) is 18.5 Å². The van der Waals surface area contributed by atoms with Crippen LogP contribution in [0.25, 0.3) is 0 Å². The van der Waals surface area contributed by atoms with E-state index in [1.165, 1.54) is 24.1 Å². The standard InChI is InChI=1S/C36H41N3O6S/c1-36(2,3)37-35(41)33(24-27-13-8-6-9-14-27)38(25-28-15-12-18-31(23-28)45-5)34(40)26-39(29-16-10-7-11-17-29)46(42,43)32-21-19-30(44-4)20-22-32/h6-23,33H,24-26H2,1-5H3,(H,37,41). The Labute approximate surface area is 271 Å². The fraction of sp³-hybridized carbons (Fsp3) is 0.278. The third-order valence-corrected chi connectivity index (χ3v) is 9.01. The first-order valence-corrected chi connectivity index (χ1v) is 16.4. The van der Waals surface area contributed by atoms with E-state index >= 15 is 0 Å². The molecule has 0 fully saturated rings. The van der Waals surface area contributed by atoms with E-state index in [0.29, 0.717) is 17.2 Å². The van der Waals surface area contributed by atoms with Crippen LogP contribution >= 0.6 is 0 Å². The van der Waals surface area contributed by atoms with Gasteiger partial charge in [0.1, 0.15) is 24.1 Å². The van der Waals surface area contributed by atoms with Crippen LogP contribution < -0.4 is 19.1 Å². The lowest BCUT2D eigenvalue weighted by Crippen LogP contribution is -2.56. The zero-order valence-corrected chi connectivity index (χ0v) is 27.7. The molecule has 0 bridgehead atoms. The molecule has 0 aliphatic carbocycles. The topological polar surface area (TPSA) is 105 Å². The molecule has 0 aromatic heterocycles. The zero-order valence-electron chi connectivity index (χ0n) is 26.8. The lowest BCUT2D eigenvalue weighted by atomic mass is 10.0. The first kappa shape index (κ1) is 34.1. The molecular formula is C36H41N3O6S. The van der Waals surface area contributed by atoms with Crippen LogP contribution in [0.4, 0.5) is 5.69 Å². The van der Waals surface area contributed by atoms with Crippen molar-refractivity contribution in [3.63, 3.8) is 0 Å². The summed E-state index contributed by atoms with van der Waals surface area (Å²) in [6.07, 6.45) is 0.217. The number of nitrogens with zero attached hydrogens (tertiary/aromatic N) is 2. The Morgan fingerprint density at radius 2 is 1.35 bits per heavy atom. The third-order valence-electron chi connectivity index (χ3n) is 7.23. The van der Waals surface area contributed by atoms with Gasteiger partial charge in [-0.1, -0.05) is 60.7 Å². The first-order chi connectivity index (χ1) is 21.9. The largest absolute Gasteiger partial charge is 0.497 e. The number of methoxy groups -OCH3 is 2. The van der Waals surface area contributed by atoms with Gasteiger partial charge in [-0.25, -0.2) is 8.42 Å². The molecule has 10 heteroatoms. The summed E-state index contributed by atoms with van der Waals surface area (Å²) in [5.41, 5.74) is 1.31. The lowest BCUT2D eigenvalue weighted by Gasteiger charge is -2.35. The van der Waals surface area contributed by atoms with Gasteiger partial charge in [-0.2, -0.15) is 0 Å². The van der Waals surface area contributed by atoms with Crippen molar-refractivity contribution in [3.8, 4) is 11.5 Å². The van der Waals surface area contributed by atoms with Crippen molar-refractivity contribution in [2.24, 2.45) is 0 Å². The number of anilines is 1. The summed E-state index contributed by atoms with van der Waals surface area (Å²) in [6, 6.07) is 30.2. The molecule has 0 radical (unpaired) electrons. The second-order valence-corrected chi connectivity index (χ2v) is 13.7. The van der Waals surface area contributed by atoms with Crippen LogP contribution in [-0.4, -0.2) is 57.5 Å². The average molecular weight is 644 g/mol. The summed E-state index contributed by atoms with van der Waals surface area (Å²) < 4.78 is 40.0. The van der Waals surface area contributed by atoms with Crippen molar-refractivity contribution in [3.05, 3.63) is 120 Å². The molecule has 1 atom stereocenters. The summed E-state index contributed by atoms with van der Waals surface area (Å²) in [5.74, 6) is 0.196. The average Bonchev–Trinajstić information content (AvgIpc) is 3.05. The van der Waals surface area contributed by atoms with Crippen molar-refractivity contribution in [1.82, 2.24) is 10.2 Å². The van der Waals surface area contributed by atoms with E-state index in [2.05, 4.69) is 5.32 Å². The molecule has 0 aliphatic rings. The van der Waals surface area contributed by atoms with Crippen molar-refractivity contribution in [2.75, 3.05) is 25.1 Å². The fourth-order valence-corrected chi connectivity index (χ4v) is 6.39. The SMILES string of the molecule is COc1ccc(S(=O)(=O)N(CC(=O)N(Cc2cccc(OC)c2)C(Cc2ccccc2)C(=O)NC(C)(C)C)c2ccccc2)cc1. The number of rotatable bonds is 13. The highest BCUT2D eigenvalue weighted by Gasteiger charge is 2.35. The number of para-hydroxylation sites is 1. The first-order valence-electron chi connectivity index (χ1n) is 14.9. The number of carbonyl (C=O) groups excluding carboxylic acids is 2. The smallest absolute Gasteiger partial charge is 0.264 e. The normalized spacial score (nSPS) is 12.1. The third kappa shape index (κ3) is 8.88. The number of benzene rings is 4. The van der Waals surface area contributed by atoms with Gasteiger partial charge in [0.15, 0.2) is 0 Å². The maximum Gasteiger partial charge on any atom is 0.264 e. The van der Waals surface area contributed by atoms with E-state index in [1.54, 1.807) is 61.7 Å². The van der Waals surface area contributed by atoms with Crippen LogP contribution in [-0.2, 0) is 32.6 Å². The van der Waals surface area contributed by atoms with Crippen LogP contribution in [0, 0.1) is 0 Å². The highest BCUT2D eigenvalue weighted by atomic mass is 32.2. The van der Waals surface area contributed by atoms with Crippen molar-refractivity contribution in [2.45, 2.75) is 50.2 Å². The van der Waals surface area contributed by atoms with Gasteiger partial charge in [-0.15, -0.1) is 0 Å². The molecular weight excluding hydrogens is 602 g/mol. The molecule has 9 nitrogen and oxygen atoms in total. The van der Waals surface area contributed by atoms with Crippen LogP contribution in [0.15, 0.2) is 114 Å². The van der Waals surface area contributed by atoms with Gasteiger partial charge < -0.3 is 19.7 Å². The second kappa shape index (κ2) is 15.0. The monoisotopic (exact) mass is 643 g/mol. The quantitative estimate of drug-likeness (QED) is 0.208. The summed E-state index contributed by atoms with van der Waals surface area (Å²) in [6.45, 7) is 5.11. The van der Waals surface area contributed by atoms with E-state index < -0.39 is 34.1 Å². The number of carbonyl (C=O) groups is 2. The Morgan fingerprint density at radius 1 is 0.761 bits per heavy atom. The van der Waals surface area contributed by atoms with Crippen LogP contribution in [0.5, 0.6) is 11.5 Å². The predicted molar refractivity (Wildman–Crippen MR) is 179 cm³/mol. The van der Waals surface area contributed by atoms with E-state index in [1.807, 2.05) is 63.2 Å². The van der Waals surface area contributed by atoms with Crippen LogP contribution in [0.2, 0.25) is 0 Å². The highest BCUT2D eigenvalue weighted by Crippen LogP contribution is 2.26. The summed E-state index contributed by atoms with van der Waals surface area (Å²) in [7, 11) is -1.16. The molecule has 4 rings (SSSR count). The zero-order chi connectivity index (χ0) is 33.3. The summed E-state index contributed by atoms with van der Waals surface area (Å²) in [4.78, 5) is 30.0. The number of ether oxygens (including phenoxy) is 2. The minimum Gasteiger partial charge on any atom is -0.497 e. The lowest BCUT2D eigenvalue weighted by molar-refractivity contribution is -0.140.